The van der Waals surface area contributed by atoms with Crippen LogP contribution in [0, 0.1) is 5.92 Å². The lowest BCUT2D eigenvalue weighted by Crippen LogP contribution is -2.29. The summed E-state index contributed by atoms with van der Waals surface area (Å²) in [7, 11) is 0. The second kappa shape index (κ2) is 9.46. The molecule has 100 valence electrons. The van der Waals surface area contributed by atoms with Gasteiger partial charge in [0, 0.05) is 13.0 Å². The lowest BCUT2D eigenvalue weighted by molar-refractivity contribution is -0.121. The van der Waals surface area contributed by atoms with Gasteiger partial charge in [-0.25, -0.2) is 0 Å². The molecule has 1 aliphatic carbocycles. The molecular formula is C14H28N2O. The number of nitrogens with two attached hydrogens (primary N) is 1. The van der Waals surface area contributed by atoms with Gasteiger partial charge in [0.1, 0.15) is 0 Å². The number of rotatable bonds is 8. The Balaban J connectivity index is 1.93. The minimum absolute atomic E-state index is 0.239. The fraction of sp³-hybridized carbons (Fsp3) is 0.929. The third-order valence-corrected chi connectivity index (χ3v) is 3.67. The van der Waals surface area contributed by atoms with Crippen LogP contribution in [0.5, 0.6) is 0 Å². The summed E-state index contributed by atoms with van der Waals surface area (Å²) >= 11 is 0. The second-order valence-electron chi connectivity index (χ2n) is 5.26. The van der Waals surface area contributed by atoms with Gasteiger partial charge in [0.25, 0.3) is 0 Å². The van der Waals surface area contributed by atoms with Crippen LogP contribution in [0.3, 0.4) is 0 Å². The topological polar surface area (TPSA) is 55.1 Å². The molecule has 0 aromatic heterocycles. The lowest BCUT2D eigenvalue weighted by atomic mass is 9.89. The maximum absolute atomic E-state index is 11.6. The SMILES string of the molecule is NCCCCCCC(=O)NCC1CCCCC1. The van der Waals surface area contributed by atoms with E-state index in [2.05, 4.69) is 5.32 Å². The molecule has 1 rings (SSSR count). The Bertz CT molecular complexity index is 200. The van der Waals surface area contributed by atoms with E-state index in [0.717, 1.165) is 44.7 Å². The van der Waals surface area contributed by atoms with Crippen LogP contribution in [0.25, 0.3) is 0 Å². The van der Waals surface area contributed by atoms with Crippen LogP contribution in [0.15, 0.2) is 0 Å². The first kappa shape index (κ1) is 14.5. The van der Waals surface area contributed by atoms with Crippen molar-refractivity contribution in [2.45, 2.75) is 64.2 Å². The van der Waals surface area contributed by atoms with Crippen LogP contribution in [-0.2, 0) is 4.79 Å². The fourth-order valence-corrected chi connectivity index (χ4v) is 2.52. The van der Waals surface area contributed by atoms with Gasteiger partial charge in [0.15, 0.2) is 0 Å². The van der Waals surface area contributed by atoms with E-state index in [0.29, 0.717) is 6.42 Å². The Morgan fingerprint density at radius 2 is 1.76 bits per heavy atom. The average molecular weight is 240 g/mol. The molecule has 1 amide bonds. The molecule has 0 radical (unpaired) electrons. The predicted molar refractivity (Wildman–Crippen MR) is 71.7 cm³/mol. The number of carbonyl (C=O) groups is 1. The highest BCUT2D eigenvalue weighted by atomic mass is 16.1. The summed E-state index contributed by atoms with van der Waals surface area (Å²) in [5, 5.41) is 3.08. The molecule has 0 unspecified atom stereocenters. The molecule has 1 saturated carbocycles. The van der Waals surface area contributed by atoms with Gasteiger partial charge in [0.05, 0.1) is 0 Å². The number of hydrogen-bond donors (Lipinski definition) is 2. The predicted octanol–water partition coefficient (Wildman–Crippen LogP) is 2.59. The Morgan fingerprint density at radius 3 is 2.47 bits per heavy atom. The summed E-state index contributed by atoms with van der Waals surface area (Å²) in [5.41, 5.74) is 5.42. The van der Waals surface area contributed by atoms with Crippen LogP contribution in [0.1, 0.15) is 64.2 Å². The number of amides is 1. The number of hydrogen-bond acceptors (Lipinski definition) is 2. The maximum atomic E-state index is 11.6. The molecule has 0 spiro atoms. The average Bonchev–Trinajstić information content (AvgIpc) is 2.37. The summed E-state index contributed by atoms with van der Waals surface area (Å²) in [6.45, 7) is 1.68. The van der Waals surface area contributed by atoms with Crippen molar-refractivity contribution in [3.05, 3.63) is 0 Å². The molecule has 0 atom stereocenters. The zero-order valence-electron chi connectivity index (χ0n) is 11.0. The Morgan fingerprint density at radius 1 is 1.06 bits per heavy atom. The Hall–Kier alpha value is -0.570. The zero-order valence-corrected chi connectivity index (χ0v) is 11.0. The third kappa shape index (κ3) is 7.37. The molecule has 1 fully saturated rings. The Labute approximate surface area is 106 Å². The summed E-state index contributed by atoms with van der Waals surface area (Å²) in [6, 6.07) is 0. The number of nitrogens with one attached hydrogen (secondary N) is 1. The molecule has 0 saturated heterocycles. The van der Waals surface area contributed by atoms with Crippen molar-refractivity contribution in [3.63, 3.8) is 0 Å². The van der Waals surface area contributed by atoms with Crippen molar-refractivity contribution in [1.29, 1.82) is 0 Å². The summed E-state index contributed by atoms with van der Waals surface area (Å²) in [5.74, 6) is 0.980. The van der Waals surface area contributed by atoms with Crippen LogP contribution in [0.4, 0.5) is 0 Å². The molecule has 0 bridgehead atoms. The van der Waals surface area contributed by atoms with Crippen molar-refractivity contribution in [3.8, 4) is 0 Å². The standard InChI is InChI=1S/C14H28N2O/c15-11-7-2-1-6-10-14(17)16-12-13-8-4-3-5-9-13/h13H,1-12,15H2,(H,16,17). The molecule has 0 aliphatic heterocycles. The number of unbranched alkanes of at least 4 members (excludes halogenated alkanes) is 3. The summed E-state index contributed by atoms with van der Waals surface area (Å²) in [6.07, 6.45) is 11.8. The van der Waals surface area contributed by atoms with Crippen molar-refractivity contribution >= 4 is 5.91 Å². The molecule has 0 aromatic rings. The van der Waals surface area contributed by atoms with Gasteiger partial charge in [-0.05, 0) is 38.1 Å². The second-order valence-corrected chi connectivity index (χ2v) is 5.26. The van der Waals surface area contributed by atoms with Gasteiger partial charge in [-0.2, -0.15) is 0 Å². The van der Waals surface area contributed by atoms with Crippen molar-refractivity contribution in [2.24, 2.45) is 11.7 Å². The third-order valence-electron chi connectivity index (χ3n) is 3.67. The van der Waals surface area contributed by atoms with Gasteiger partial charge in [-0.3, -0.25) is 4.79 Å². The molecule has 0 heterocycles. The van der Waals surface area contributed by atoms with Gasteiger partial charge < -0.3 is 11.1 Å². The monoisotopic (exact) mass is 240 g/mol. The van der Waals surface area contributed by atoms with Gasteiger partial charge in [0.2, 0.25) is 5.91 Å². The van der Waals surface area contributed by atoms with E-state index in [1.54, 1.807) is 0 Å². The van der Waals surface area contributed by atoms with Crippen LogP contribution in [0.2, 0.25) is 0 Å². The van der Waals surface area contributed by atoms with Gasteiger partial charge in [-0.15, -0.1) is 0 Å². The van der Waals surface area contributed by atoms with E-state index >= 15 is 0 Å². The van der Waals surface area contributed by atoms with Crippen molar-refractivity contribution in [2.75, 3.05) is 13.1 Å². The minimum atomic E-state index is 0.239. The normalized spacial score (nSPS) is 17.0. The molecule has 0 aromatic carbocycles. The highest BCUT2D eigenvalue weighted by Crippen LogP contribution is 2.22. The zero-order chi connectivity index (χ0) is 12.3. The number of carbonyl (C=O) groups excluding carboxylic acids is 1. The van der Waals surface area contributed by atoms with E-state index in [1.807, 2.05) is 0 Å². The first-order chi connectivity index (χ1) is 8.33. The quantitative estimate of drug-likeness (QED) is 0.641. The van der Waals surface area contributed by atoms with Gasteiger partial charge in [-0.1, -0.05) is 32.1 Å². The lowest BCUT2D eigenvalue weighted by Gasteiger charge is -2.21. The van der Waals surface area contributed by atoms with E-state index in [9.17, 15) is 4.79 Å². The first-order valence-electron chi connectivity index (χ1n) is 7.29. The van der Waals surface area contributed by atoms with E-state index in [-0.39, 0.29) is 5.91 Å². The summed E-state index contributed by atoms with van der Waals surface area (Å²) < 4.78 is 0. The molecule has 3 heteroatoms. The minimum Gasteiger partial charge on any atom is -0.356 e. The van der Waals surface area contributed by atoms with E-state index in [1.165, 1.54) is 32.1 Å². The van der Waals surface area contributed by atoms with Crippen molar-refractivity contribution < 1.29 is 4.79 Å². The maximum Gasteiger partial charge on any atom is 0.220 e. The molecule has 1 aliphatic rings. The van der Waals surface area contributed by atoms with Crippen LogP contribution in [-0.4, -0.2) is 19.0 Å². The molecular weight excluding hydrogens is 212 g/mol. The molecule has 3 nitrogen and oxygen atoms in total. The fourth-order valence-electron chi connectivity index (χ4n) is 2.52. The highest BCUT2D eigenvalue weighted by molar-refractivity contribution is 5.75. The summed E-state index contributed by atoms with van der Waals surface area (Å²) in [4.78, 5) is 11.6. The molecule has 17 heavy (non-hydrogen) atoms. The van der Waals surface area contributed by atoms with Crippen LogP contribution < -0.4 is 11.1 Å². The first-order valence-corrected chi connectivity index (χ1v) is 7.29. The smallest absolute Gasteiger partial charge is 0.220 e. The highest BCUT2D eigenvalue weighted by Gasteiger charge is 2.13. The Kier molecular flexibility index (Phi) is 8.06. The van der Waals surface area contributed by atoms with E-state index < -0.39 is 0 Å². The van der Waals surface area contributed by atoms with Crippen molar-refractivity contribution in [1.82, 2.24) is 5.32 Å². The largest absolute Gasteiger partial charge is 0.356 e. The van der Waals surface area contributed by atoms with E-state index in [4.69, 9.17) is 5.73 Å². The molecule has 3 N–H and O–H groups in total. The van der Waals surface area contributed by atoms with Gasteiger partial charge >= 0.3 is 0 Å². The van der Waals surface area contributed by atoms with Crippen LogP contribution >= 0.6 is 0 Å².